The Balaban J connectivity index is 1.90. The third kappa shape index (κ3) is 6.63. The summed E-state index contributed by atoms with van der Waals surface area (Å²) in [6, 6.07) is 13.5. The lowest BCUT2D eigenvalue weighted by atomic mass is 10.1. The van der Waals surface area contributed by atoms with Crippen molar-refractivity contribution in [1.82, 2.24) is 0 Å². The van der Waals surface area contributed by atoms with Gasteiger partial charge < -0.3 is 10.6 Å². The predicted octanol–water partition coefficient (Wildman–Crippen LogP) is 4.77. The topological polar surface area (TPSA) is 58.2 Å². The summed E-state index contributed by atoms with van der Waals surface area (Å²) in [7, 11) is 0. The molecule has 2 N–H and O–H groups in total. The van der Waals surface area contributed by atoms with E-state index in [1.54, 1.807) is 0 Å². The van der Waals surface area contributed by atoms with E-state index >= 15 is 0 Å². The minimum absolute atomic E-state index is 0.0113. The smallest absolute Gasteiger partial charge is 0.234 e. The Morgan fingerprint density at radius 3 is 2.28 bits per heavy atom. The minimum atomic E-state index is -0.0459. The largest absolute Gasteiger partial charge is 0.326 e. The first-order valence-electron chi connectivity index (χ1n) is 8.37. The number of hydrogen-bond acceptors (Lipinski definition) is 3. The van der Waals surface area contributed by atoms with Crippen LogP contribution in [0.5, 0.6) is 0 Å². The van der Waals surface area contributed by atoms with Crippen LogP contribution >= 0.6 is 11.8 Å². The summed E-state index contributed by atoms with van der Waals surface area (Å²) < 4.78 is 0. The molecule has 2 amide bonds. The van der Waals surface area contributed by atoms with Gasteiger partial charge in [-0.15, -0.1) is 11.8 Å². The van der Waals surface area contributed by atoms with E-state index in [-0.39, 0.29) is 11.8 Å². The zero-order valence-corrected chi connectivity index (χ0v) is 15.7. The van der Waals surface area contributed by atoms with Gasteiger partial charge in [-0.3, -0.25) is 9.59 Å². The first-order chi connectivity index (χ1) is 12.0. The molecule has 2 aromatic rings. The molecule has 2 aromatic carbocycles. The van der Waals surface area contributed by atoms with Crippen molar-refractivity contribution >= 4 is 35.0 Å². The Morgan fingerprint density at radius 1 is 0.920 bits per heavy atom. The monoisotopic (exact) mass is 356 g/mol. The van der Waals surface area contributed by atoms with Gasteiger partial charge in [0.1, 0.15) is 0 Å². The lowest BCUT2D eigenvalue weighted by molar-refractivity contribution is -0.116. The molecule has 0 bridgehead atoms. The highest BCUT2D eigenvalue weighted by molar-refractivity contribution is 8.00. The van der Waals surface area contributed by atoms with Crippen molar-refractivity contribution in [3.63, 3.8) is 0 Å². The van der Waals surface area contributed by atoms with Crippen molar-refractivity contribution in [2.24, 2.45) is 0 Å². The van der Waals surface area contributed by atoms with Crippen molar-refractivity contribution in [2.45, 2.75) is 38.5 Å². The fraction of sp³-hybridized carbons (Fsp3) is 0.300. The summed E-state index contributed by atoms with van der Waals surface area (Å²) in [5.41, 5.74) is 3.83. The van der Waals surface area contributed by atoms with Gasteiger partial charge in [0, 0.05) is 22.7 Å². The second-order valence-corrected chi connectivity index (χ2v) is 7.09. The summed E-state index contributed by atoms with van der Waals surface area (Å²) in [5, 5.41) is 5.80. The highest BCUT2D eigenvalue weighted by Gasteiger charge is 2.06. The highest BCUT2D eigenvalue weighted by Crippen LogP contribution is 2.22. The Labute approximate surface area is 153 Å². The van der Waals surface area contributed by atoms with Crippen molar-refractivity contribution in [3.8, 4) is 0 Å². The molecule has 0 unspecified atom stereocenters. The maximum Gasteiger partial charge on any atom is 0.234 e. The normalized spacial score (nSPS) is 10.4. The van der Waals surface area contributed by atoms with E-state index in [1.807, 2.05) is 57.2 Å². The van der Waals surface area contributed by atoms with E-state index in [1.165, 1.54) is 11.8 Å². The number of aryl methyl sites for hydroxylation is 2. The number of anilines is 2. The van der Waals surface area contributed by atoms with Crippen molar-refractivity contribution in [1.29, 1.82) is 0 Å². The summed E-state index contributed by atoms with van der Waals surface area (Å²) in [4.78, 5) is 24.8. The Bertz CT molecular complexity index is 739. The molecular weight excluding hydrogens is 332 g/mol. The first-order valence-corrected chi connectivity index (χ1v) is 9.35. The molecule has 0 fully saturated rings. The number of carbonyl (C=O) groups excluding carboxylic acids is 2. The Hall–Kier alpha value is -2.27. The average molecular weight is 356 g/mol. The van der Waals surface area contributed by atoms with Crippen molar-refractivity contribution in [3.05, 3.63) is 53.6 Å². The molecule has 0 saturated heterocycles. The van der Waals surface area contributed by atoms with Gasteiger partial charge >= 0.3 is 0 Å². The van der Waals surface area contributed by atoms with Crippen LogP contribution in [0.2, 0.25) is 0 Å². The molecule has 4 nitrogen and oxygen atoms in total. The lowest BCUT2D eigenvalue weighted by Gasteiger charge is -2.09. The predicted molar refractivity (Wildman–Crippen MR) is 105 cm³/mol. The van der Waals surface area contributed by atoms with Gasteiger partial charge in [0.2, 0.25) is 11.8 Å². The molecule has 0 saturated carbocycles. The van der Waals surface area contributed by atoms with E-state index in [9.17, 15) is 9.59 Å². The van der Waals surface area contributed by atoms with Crippen molar-refractivity contribution < 1.29 is 9.59 Å². The van der Waals surface area contributed by atoms with Crippen LogP contribution in [0.3, 0.4) is 0 Å². The van der Waals surface area contributed by atoms with Gasteiger partial charge in [-0.25, -0.2) is 0 Å². The molecular formula is C20H24N2O2S. The number of benzene rings is 2. The van der Waals surface area contributed by atoms with Crippen molar-refractivity contribution in [2.75, 3.05) is 16.4 Å². The van der Waals surface area contributed by atoms with Gasteiger partial charge in [0.05, 0.1) is 5.75 Å². The van der Waals surface area contributed by atoms with Crippen LogP contribution in [0.1, 0.15) is 30.9 Å². The lowest BCUT2D eigenvalue weighted by Crippen LogP contribution is -2.14. The molecule has 0 heterocycles. The molecule has 0 aliphatic rings. The minimum Gasteiger partial charge on any atom is -0.326 e. The number of nitrogens with one attached hydrogen (secondary N) is 2. The number of carbonyl (C=O) groups is 2. The van der Waals surface area contributed by atoms with Crippen LogP contribution in [0.4, 0.5) is 11.4 Å². The van der Waals surface area contributed by atoms with E-state index < -0.39 is 0 Å². The van der Waals surface area contributed by atoms with Crippen LogP contribution in [-0.2, 0) is 9.59 Å². The zero-order valence-electron chi connectivity index (χ0n) is 14.9. The van der Waals surface area contributed by atoms with Crippen LogP contribution in [0.25, 0.3) is 0 Å². The zero-order chi connectivity index (χ0) is 18.2. The SMILES string of the molecule is CCCC(=O)Nc1cccc(SCC(=O)Nc2cc(C)cc(C)c2)c1. The van der Waals surface area contributed by atoms with Gasteiger partial charge in [-0.1, -0.05) is 19.1 Å². The summed E-state index contributed by atoms with van der Waals surface area (Å²) >= 11 is 1.45. The van der Waals surface area contributed by atoms with Gasteiger partial charge in [-0.2, -0.15) is 0 Å². The maximum absolute atomic E-state index is 12.2. The van der Waals surface area contributed by atoms with E-state index in [4.69, 9.17) is 0 Å². The van der Waals surface area contributed by atoms with Crippen LogP contribution < -0.4 is 10.6 Å². The summed E-state index contributed by atoms with van der Waals surface area (Å²) in [5.74, 6) is 0.284. The van der Waals surface area contributed by atoms with Gasteiger partial charge in [0.25, 0.3) is 0 Å². The molecule has 0 spiro atoms. The second-order valence-electron chi connectivity index (χ2n) is 6.04. The molecule has 0 aliphatic carbocycles. The number of amides is 2. The molecule has 0 radical (unpaired) electrons. The average Bonchev–Trinajstić information content (AvgIpc) is 2.52. The third-order valence-corrected chi connectivity index (χ3v) is 4.46. The number of thioether (sulfide) groups is 1. The van der Waals surface area contributed by atoms with E-state index in [0.29, 0.717) is 12.2 Å². The Kier molecular flexibility index (Phi) is 7.07. The maximum atomic E-state index is 12.2. The van der Waals surface area contributed by atoms with Crippen LogP contribution in [-0.4, -0.2) is 17.6 Å². The molecule has 25 heavy (non-hydrogen) atoms. The Morgan fingerprint density at radius 2 is 1.60 bits per heavy atom. The molecule has 2 rings (SSSR count). The summed E-state index contributed by atoms with van der Waals surface area (Å²) in [6.45, 7) is 5.99. The highest BCUT2D eigenvalue weighted by atomic mass is 32.2. The third-order valence-electron chi connectivity index (χ3n) is 3.47. The van der Waals surface area contributed by atoms with Crippen LogP contribution in [0, 0.1) is 13.8 Å². The molecule has 5 heteroatoms. The molecule has 0 aromatic heterocycles. The summed E-state index contributed by atoms with van der Waals surface area (Å²) in [6.07, 6.45) is 1.33. The quantitative estimate of drug-likeness (QED) is 0.702. The second kappa shape index (κ2) is 9.28. The fourth-order valence-corrected chi connectivity index (χ4v) is 3.26. The molecule has 0 aliphatic heterocycles. The van der Waals surface area contributed by atoms with E-state index in [0.717, 1.165) is 33.8 Å². The van der Waals surface area contributed by atoms with E-state index in [2.05, 4.69) is 16.7 Å². The number of hydrogen-bond donors (Lipinski definition) is 2. The standard InChI is InChI=1S/C20H24N2O2S/c1-4-6-19(23)21-16-7-5-8-18(12-16)25-13-20(24)22-17-10-14(2)9-15(3)11-17/h5,7-12H,4,6,13H2,1-3H3,(H,21,23)(H,22,24). The first kappa shape index (κ1) is 19.1. The number of rotatable bonds is 7. The molecule has 132 valence electrons. The van der Waals surface area contributed by atoms with Gasteiger partial charge in [0.15, 0.2) is 0 Å². The van der Waals surface area contributed by atoms with Gasteiger partial charge in [-0.05, 0) is 61.7 Å². The van der Waals surface area contributed by atoms with Crippen LogP contribution in [0.15, 0.2) is 47.4 Å². The fourth-order valence-electron chi connectivity index (χ4n) is 2.51. The molecule has 0 atom stereocenters.